The first kappa shape index (κ1) is 14.3. The van der Waals surface area contributed by atoms with Gasteiger partial charge in [0.05, 0.1) is 10.7 Å². The number of hydrogen-bond acceptors (Lipinski definition) is 2. The standard InChI is InChI=1S/C15H14ClFN2O/c16-12-9-11(5-6-14(12)18)15(20)19-8-7-10-3-1-2-4-13(10)17/h1-6,9H,7-8,18H2,(H,19,20). The molecule has 2 rings (SSSR count). The van der Waals surface area contributed by atoms with Crippen LogP contribution in [0.15, 0.2) is 42.5 Å². The molecule has 0 atom stereocenters. The minimum atomic E-state index is -0.266. The predicted molar refractivity (Wildman–Crippen MR) is 78.3 cm³/mol. The molecule has 0 radical (unpaired) electrons. The van der Waals surface area contributed by atoms with Crippen LogP contribution in [0.1, 0.15) is 15.9 Å². The van der Waals surface area contributed by atoms with Gasteiger partial charge in [0.1, 0.15) is 5.82 Å². The predicted octanol–water partition coefficient (Wildman–Crippen LogP) is 3.03. The van der Waals surface area contributed by atoms with Crippen LogP contribution in [-0.4, -0.2) is 12.5 Å². The van der Waals surface area contributed by atoms with Crippen molar-refractivity contribution in [2.24, 2.45) is 0 Å². The van der Waals surface area contributed by atoms with Gasteiger partial charge in [0.15, 0.2) is 0 Å². The van der Waals surface area contributed by atoms with E-state index in [0.29, 0.717) is 34.8 Å². The van der Waals surface area contributed by atoms with E-state index in [1.165, 1.54) is 12.1 Å². The molecule has 3 N–H and O–H groups in total. The van der Waals surface area contributed by atoms with E-state index in [1.54, 1.807) is 30.3 Å². The highest BCUT2D eigenvalue weighted by atomic mass is 35.5. The van der Waals surface area contributed by atoms with Gasteiger partial charge in [-0.15, -0.1) is 0 Å². The fourth-order valence-electron chi connectivity index (χ4n) is 1.78. The minimum Gasteiger partial charge on any atom is -0.398 e. The van der Waals surface area contributed by atoms with Crippen molar-refractivity contribution in [3.63, 3.8) is 0 Å². The summed E-state index contributed by atoms with van der Waals surface area (Å²) in [6.45, 7) is 0.349. The summed E-state index contributed by atoms with van der Waals surface area (Å²) in [6.07, 6.45) is 0.432. The molecule has 2 aromatic carbocycles. The summed E-state index contributed by atoms with van der Waals surface area (Å²) in [5.41, 5.74) is 7.00. The van der Waals surface area contributed by atoms with Gasteiger partial charge in [-0.25, -0.2) is 4.39 Å². The summed E-state index contributed by atoms with van der Waals surface area (Å²) in [5, 5.41) is 3.06. The average molecular weight is 293 g/mol. The number of nitrogens with one attached hydrogen (secondary N) is 1. The maximum absolute atomic E-state index is 13.4. The van der Waals surface area contributed by atoms with Gasteiger partial charge >= 0.3 is 0 Å². The van der Waals surface area contributed by atoms with Crippen LogP contribution in [0, 0.1) is 5.82 Å². The second kappa shape index (κ2) is 6.39. The lowest BCUT2D eigenvalue weighted by Gasteiger charge is -2.07. The lowest BCUT2D eigenvalue weighted by atomic mass is 10.1. The van der Waals surface area contributed by atoms with Crippen LogP contribution < -0.4 is 11.1 Å². The molecule has 0 aliphatic heterocycles. The Kier molecular flexibility index (Phi) is 4.58. The third-order valence-electron chi connectivity index (χ3n) is 2.90. The molecule has 0 fully saturated rings. The third kappa shape index (κ3) is 3.48. The normalized spacial score (nSPS) is 10.3. The number of amides is 1. The van der Waals surface area contributed by atoms with E-state index in [0.717, 1.165) is 0 Å². The Morgan fingerprint density at radius 1 is 1.25 bits per heavy atom. The van der Waals surface area contributed by atoms with Gasteiger partial charge in [0.2, 0.25) is 0 Å². The second-order valence-corrected chi connectivity index (χ2v) is 4.74. The van der Waals surface area contributed by atoms with Gasteiger partial charge in [-0.1, -0.05) is 29.8 Å². The largest absolute Gasteiger partial charge is 0.398 e. The molecular weight excluding hydrogens is 279 g/mol. The van der Waals surface area contributed by atoms with Gasteiger partial charge in [0, 0.05) is 12.1 Å². The van der Waals surface area contributed by atoms with Gasteiger partial charge in [-0.2, -0.15) is 0 Å². The number of benzene rings is 2. The molecule has 104 valence electrons. The van der Waals surface area contributed by atoms with E-state index >= 15 is 0 Å². The third-order valence-corrected chi connectivity index (χ3v) is 3.23. The van der Waals surface area contributed by atoms with Gasteiger partial charge in [-0.05, 0) is 36.2 Å². The topological polar surface area (TPSA) is 55.1 Å². The van der Waals surface area contributed by atoms with Gasteiger partial charge in [0.25, 0.3) is 5.91 Å². The van der Waals surface area contributed by atoms with E-state index < -0.39 is 0 Å². The maximum atomic E-state index is 13.4. The summed E-state index contributed by atoms with van der Waals surface area (Å²) in [4.78, 5) is 11.9. The van der Waals surface area contributed by atoms with E-state index in [2.05, 4.69) is 5.32 Å². The number of anilines is 1. The Hall–Kier alpha value is -2.07. The zero-order valence-corrected chi connectivity index (χ0v) is 11.5. The van der Waals surface area contributed by atoms with E-state index in [4.69, 9.17) is 17.3 Å². The monoisotopic (exact) mass is 292 g/mol. The fourth-order valence-corrected chi connectivity index (χ4v) is 1.96. The summed E-state index contributed by atoms with van der Waals surface area (Å²) >= 11 is 5.85. The summed E-state index contributed by atoms with van der Waals surface area (Å²) < 4.78 is 13.4. The van der Waals surface area contributed by atoms with Crippen molar-refractivity contribution in [3.8, 4) is 0 Å². The molecule has 0 aliphatic rings. The minimum absolute atomic E-state index is 0.261. The van der Waals surface area contributed by atoms with Crippen LogP contribution in [0.5, 0.6) is 0 Å². The Labute approximate surface area is 121 Å². The number of halogens is 2. The number of hydrogen-bond donors (Lipinski definition) is 2. The van der Waals surface area contributed by atoms with E-state index in [-0.39, 0.29) is 11.7 Å². The highest BCUT2D eigenvalue weighted by Crippen LogP contribution is 2.19. The lowest BCUT2D eigenvalue weighted by Crippen LogP contribution is -2.25. The molecule has 2 aromatic rings. The molecule has 20 heavy (non-hydrogen) atoms. The van der Waals surface area contributed by atoms with Gasteiger partial charge < -0.3 is 11.1 Å². The first-order chi connectivity index (χ1) is 9.58. The number of carbonyl (C=O) groups is 1. The molecule has 0 bridgehead atoms. The van der Waals surface area contributed by atoms with E-state index in [9.17, 15) is 9.18 Å². The van der Waals surface area contributed by atoms with Crippen LogP contribution in [0.25, 0.3) is 0 Å². The summed E-state index contributed by atoms with van der Waals surface area (Å²) in [6, 6.07) is 11.2. The molecule has 5 heteroatoms. The molecular formula is C15H14ClFN2O. The van der Waals surface area contributed by atoms with Crippen molar-refractivity contribution in [1.82, 2.24) is 5.32 Å². The molecule has 3 nitrogen and oxygen atoms in total. The Balaban J connectivity index is 1.92. The Bertz CT molecular complexity index is 631. The molecule has 0 heterocycles. The number of nitrogens with two attached hydrogens (primary N) is 1. The number of carbonyl (C=O) groups excluding carboxylic acids is 1. The first-order valence-electron chi connectivity index (χ1n) is 6.14. The molecule has 0 spiro atoms. The Morgan fingerprint density at radius 3 is 2.70 bits per heavy atom. The van der Waals surface area contributed by atoms with Crippen LogP contribution in [0.2, 0.25) is 5.02 Å². The molecule has 0 saturated heterocycles. The molecule has 0 unspecified atom stereocenters. The quantitative estimate of drug-likeness (QED) is 0.851. The summed E-state index contributed by atoms with van der Waals surface area (Å²) in [5.74, 6) is -0.527. The highest BCUT2D eigenvalue weighted by Gasteiger charge is 2.07. The van der Waals surface area contributed by atoms with Crippen molar-refractivity contribution in [2.75, 3.05) is 12.3 Å². The Morgan fingerprint density at radius 2 is 2.00 bits per heavy atom. The fraction of sp³-hybridized carbons (Fsp3) is 0.133. The molecule has 0 aliphatic carbocycles. The van der Waals surface area contributed by atoms with Crippen molar-refractivity contribution >= 4 is 23.2 Å². The van der Waals surface area contributed by atoms with Crippen molar-refractivity contribution in [2.45, 2.75) is 6.42 Å². The molecule has 0 saturated carbocycles. The van der Waals surface area contributed by atoms with Crippen LogP contribution in [0.4, 0.5) is 10.1 Å². The van der Waals surface area contributed by atoms with Gasteiger partial charge in [-0.3, -0.25) is 4.79 Å². The first-order valence-corrected chi connectivity index (χ1v) is 6.52. The van der Waals surface area contributed by atoms with Crippen molar-refractivity contribution in [3.05, 3.63) is 64.4 Å². The molecule has 1 amide bonds. The zero-order valence-electron chi connectivity index (χ0n) is 10.7. The second-order valence-electron chi connectivity index (χ2n) is 4.33. The highest BCUT2D eigenvalue weighted by molar-refractivity contribution is 6.33. The van der Waals surface area contributed by atoms with Crippen molar-refractivity contribution < 1.29 is 9.18 Å². The smallest absolute Gasteiger partial charge is 0.251 e. The number of nitrogen functional groups attached to an aromatic ring is 1. The lowest BCUT2D eigenvalue weighted by molar-refractivity contribution is 0.0954. The zero-order chi connectivity index (χ0) is 14.5. The molecule has 0 aromatic heterocycles. The SMILES string of the molecule is Nc1ccc(C(=O)NCCc2ccccc2F)cc1Cl. The van der Waals surface area contributed by atoms with Crippen LogP contribution in [-0.2, 0) is 6.42 Å². The summed E-state index contributed by atoms with van der Waals surface area (Å²) in [7, 11) is 0. The number of rotatable bonds is 4. The average Bonchev–Trinajstić information content (AvgIpc) is 2.44. The van der Waals surface area contributed by atoms with Crippen LogP contribution >= 0.6 is 11.6 Å². The maximum Gasteiger partial charge on any atom is 0.251 e. The van der Waals surface area contributed by atoms with Crippen LogP contribution in [0.3, 0.4) is 0 Å². The van der Waals surface area contributed by atoms with E-state index in [1.807, 2.05) is 0 Å². The van der Waals surface area contributed by atoms with Crippen molar-refractivity contribution in [1.29, 1.82) is 0 Å².